The Morgan fingerprint density at radius 2 is 0.918 bits per heavy atom. The van der Waals surface area contributed by atoms with Crippen LogP contribution in [0.2, 0.25) is 0 Å². The SMILES string of the molecule is CC1(C)C(=CC=CC2=[N+](CS(=O)(=O)O)c3ccc(S(=O)(=O)O)cc3C2(C)C)N(CS(=O)(=O)O)c2ccc(CNC(=O)Cc3ccc4c(c3)C(C)(C)C(/C=C/C=C/C=C3/N(CS(=O)(=O)O)c5ccc(CC(=O)O)cc5C3(C)C)=[N+]4CS(=O)(=O)O)cc21. The maximum Gasteiger partial charge on any atom is 0.326 e. The molecule has 0 atom stereocenters. The molecule has 4 heterocycles. The summed E-state index contributed by atoms with van der Waals surface area (Å²) in [7, 11) is -23.1. The predicted molar refractivity (Wildman–Crippen MR) is 319 cm³/mol. The molecule has 28 heteroatoms. The van der Waals surface area contributed by atoms with Gasteiger partial charge in [-0.25, -0.2) is 0 Å². The van der Waals surface area contributed by atoms with Crippen molar-refractivity contribution in [3.05, 3.63) is 172 Å². The van der Waals surface area contributed by atoms with E-state index < -0.39 is 107 Å². The Morgan fingerprint density at radius 3 is 1.40 bits per heavy atom. The number of hydrogen-bond donors (Lipinski definition) is 7. The summed E-state index contributed by atoms with van der Waals surface area (Å²) in [6.45, 7) is 14.4. The number of amides is 1. The third-order valence-corrected chi connectivity index (χ3v) is 18.8. The number of aliphatic carboxylic acids is 1. The predicted octanol–water partition coefficient (Wildman–Crippen LogP) is 6.58. The highest BCUT2D eigenvalue weighted by molar-refractivity contribution is 7.86. The quantitative estimate of drug-likeness (QED) is 0.0279. The minimum atomic E-state index is -4.66. The fraction of sp³-hybridized carbons (Fsp3) is 0.333. The molecule has 0 unspecified atom stereocenters. The van der Waals surface area contributed by atoms with Crippen LogP contribution < -0.4 is 15.1 Å². The number of benzene rings is 4. The summed E-state index contributed by atoms with van der Waals surface area (Å²) in [5, 5.41) is 12.3. The van der Waals surface area contributed by atoms with Gasteiger partial charge in [-0.3, -0.25) is 32.4 Å². The zero-order valence-electron chi connectivity index (χ0n) is 47.4. The molecule has 454 valence electrons. The molecule has 4 aliphatic rings. The molecule has 0 fully saturated rings. The molecule has 8 rings (SSSR count). The molecule has 0 aromatic heterocycles. The minimum absolute atomic E-state index is 0.0263. The van der Waals surface area contributed by atoms with Gasteiger partial charge in [0.15, 0.2) is 23.2 Å². The number of carboxylic acids is 1. The first-order valence-electron chi connectivity index (χ1n) is 26.1. The van der Waals surface area contributed by atoms with Gasteiger partial charge in [0.05, 0.1) is 28.6 Å². The van der Waals surface area contributed by atoms with Gasteiger partial charge in [-0.1, -0.05) is 82.3 Å². The summed E-state index contributed by atoms with van der Waals surface area (Å²) in [5.41, 5.74) is 3.41. The summed E-state index contributed by atoms with van der Waals surface area (Å²) in [6.07, 6.45) is 12.5. The molecule has 4 aromatic rings. The fourth-order valence-corrected chi connectivity index (χ4v) is 14.7. The average molecular weight is 1270 g/mol. The van der Waals surface area contributed by atoms with Crippen molar-refractivity contribution in [2.75, 3.05) is 33.3 Å². The van der Waals surface area contributed by atoms with Crippen LogP contribution in [0.25, 0.3) is 0 Å². The zero-order chi connectivity index (χ0) is 63.0. The number of carbonyl (C=O) groups is 2. The van der Waals surface area contributed by atoms with Gasteiger partial charge < -0.3 is 20.2 Å². The van der Waals surface area contributed by atoms with Crippen LogP contribution in [0.5, 0.6) is 0 Å². The number of nitrogens with zero attached hydrogens (tertiary/aromatic N) is 4. The molecule has 4 aliphatic heterocycles. The van der Waals surface area contributed by atoms with E-state index in [0.717, 1.165) is 6.07 Å². The van der Waals surface area contributed by atoms with Crippen molar-refractivity contribution >= 4 is 96.6 Å². The van der Waals surface area contributed by atoms with E-state index in [1.54, 1.807) is 105 Å². The first-order chi connectivity index (χ1) is 39.0. The van der Waals surface area contributed by atoms with Gasteiger partial charge in [-0.05, 0) is 98.0 Å². The Kier molecular flexibility index (Phi) is 16.9. The summed E-state index contributed by atoms with van der Waals surface area (Å²) < 4.78 is 176. The van der Waals surface area contributed by atoms with E-state index in [9.17, 15) is 79.5 Å². The maximum absolute atomic E-state index is 13.7. The standard InChI is InChI=1S/C57H63N5O18S5/c1-54(2)40-25-36(17-21-44(40)59(32-81(66,67)68)48(54)13-10-9-11-14-49-55(3,4)41-26-37(29-53(64)65)18-22-45(41)60(49)33-82(69,70)71)28-52(63)58-31-38-19-23-46-42(27-38)56(5,6)50(61(46)34-83(72,73)74)15-12-16-51-57(7,8)43-30-39(85(78,79)80)20-24-47(43)62(51)35-84(75,76)77/h9-27,30H,28-29,31-35H2,1-8H3,(H5-2,58,63,64,65,66,67,68,69,70,71,72,73,74,75,76,77,78,79,80)/p+2. The molecule has 0 radical (unpaired) electrons. The molecule has 85 heavy (non-hydrogen) atoms. The van der Waals surface area contributed by atoms with Gasteiger partial charge in [-0.15, -0.1) is 0 Å². The monoisotopic (exact) mass is 1270 g/mol. The lowest BCUT2D eigenvalue weighted by Gasteiger charge is -2.26. The lowest BCUT2D eigenvalue weighted by molar-refractivity contribution is -0.416. The average Bonchev–Trinajstić information content (AvgIpc) is 1.65. The Bertz CT molecular complexity index is 4340. The van der Waals surface area contributed by atoms with Crippen molar-refractivity contribution in [2.45, 2.75) is 101 Å². The van der Waals surface area contributed by atoms with E-state index in [-0.39, 0.29) is 31.0 Å². The number of fused-ring (bicyclic) bond motifs is 4. The lowest BCUT2D eigenvalue weighted by Crippen LogP contribution is -2.31. The lowest BCUT2D eigenvalue weighted by atomic mass is 9.80. The van der Waals surface area contributed by atoms with E-state index in [1.807, 2.05) is 41.5 Å². The first kappa shape index (κ1) is 64.0. The Labute approximate surface area is 494 Å². The van der Waals surface area contributed by atoms with Gasteiger partial charge in [0, 0.05) is 75.6 Å². The van der Waals surface area contributed by atoms with Crippen molar-refractivity contribution in [3.63, 3.8) is 0 Å². The van der Waals surface area contributed by atoms with Crippen molar-refractivity contribution in [2.24, 2.45) is 0 Å². The summed E-state index contributed by atoms with van der Waals surface area (Å²) in [4.78, 5) is 27.6. The third-order valence-electron chi connectivity index (χ3n) is 15.6. The fourth-order valence-electron chi connectivity index (χ4n) is 11.7. The Morgan fingerprint density at radius 1 is 0.494 bits per heavy atom. The number of hydrogen-bond acceptors (Lipinski definition) is 14. The van der Waals surface area contributed by atoms with Crippen LogP contribution in [0.1, 0.15) is 94.3 Å². The second-order valence-corrected chi connectivity index (χ2v) is 30.4. The van der Waals surface area contributed by atoms with Crippen LogP contribution in [0, 0.1) is 0 Å². The van der Waals surface area contributed by atoms with Crippen LogP contribution in [-0.4, -0.2) is 126 Å². The minimum Gasteiger partial charge on any atom is -0.481 e. The van der Waals surface area contributed by atoms with E-state index >= 15 is 0 Å². The van der Waals surface area contributed by atoms with E-state index in [4.69, 9.17) is 0 Å². The molecule has 4 aromatic carbocycles. The highest BCUT2D eigenvalue weighted by Crippen LogP contribution is 2.50. The van der Waals surface area contributed by atoms with Gasteiger partial charge >= 0.3 is 26.2 Å². The van der Waals surface area contributed by atoms with Gasteiger partial charge in [0.1, 0.15) is 0 Å². The van der Waals surface area contributed by atoms with Gasteiger partial charge in [-0.2, -0.15) is 51.2 Å². The van der Waals surface area contributed by atoms with Crippen LogP contribution in [0.15, 0.2) is 138 Å². The molecular weight excluding hydrogens is 1200 g/mol. The second-order valence-electron chi connectivity index (χ2n) is 23.3. The molecule has 7 N–H and O–H groups in total. The number of rotatable bonds is 20. The molecule has 23 nitrogen and oxygen atoms in total. The number of carboxylic acid groups (broad SMARTS) is 1. The Balaban J connectivity index is 1.01. The summed E-state index contributed by atoms with van der Waals surface area (Å²) >= 11 is 0. The zero-order valence-corrected chi connectivity index (χ0v) is 51.5. The van der Waals surface area contributed by atoms with Gasteiger partial charge in [0.2, 0.25) is 17.3 Å². The normalized spacial score (nSPS) is 19.0. The molecule has 0 bridgehead atoms. The highest BCUT2D eigenvalue weighted by Gasteiger charge is 2.49. The summed E-state index contributed by atoms with van der Waals surface area (Å²) in [5.74, 6) is -4.76. The number of anilines is 2. The third kappa shape index (κ3) is 13.7. The van der Waals surface area contributed by atoms with E-state index in [2.05, 4.69) is 5.32 Å². The number of allylic oxidation sites excluding steroid dienone is 10. The van der Waals surface area contributed by atoms with Crippen LogP contribution in [0.3, 0.4) is 0 Å². The van der Waals surface area contributed by atoms with E-state index in [1.165, 1.54) is 43.2 Å². The van der Waals surface area contributed by atoms with Crippen LogP contribution >= 0.6 is 0 Å². The van der Waals surface area contributed by atoms with E-state index in [0.29, 0.717) is 78.8 Å². The van der Waals surface area contributed by atoms with Crippen molar-refractivity contribution in [3.8, 4) is 0 Å². The highest BCUT2D eigenvalue weighted by atomic mass is 32.2. The van der Waals surface area contributed by atoms with Crippen molar-refractivity contribution in [1.82, 2.24) is 5.32 Å². The maximum atomic E-state index is 13.7. The number of carbonyl (C=O) groups excluding carboxylic acids is 1. The van der Waals surface area contributed by atoms with Crippen LogP contribution in [-0.2, 0) is 101 Å². The van der Waals surface area contributed by atoms with Crippen LogP contribution in [0.4, 0.5) is 22.7 Å². The smallest absolute Gasteiger partial charge is 0.326 e. The Hall–Kier alpha value is -6.99. The molecule has 0 saturated heterocycles. The largest absolute Gasteiger partial charge is 0.481 e. The molecule has 0 saturated carbocycles. The van der Waals surface area contributed by atoms with Crippen molar-refractivity contribution in [1.29, 1.82) is 0 Å². The molecule has 1 amide bonds. The van der Waals surface area contributed by atoms with Crippen molar-refractivity contribution < 1.29 is 88.7 Å². The summed E-state index contributed by atoms with van der Waals surface area (Å²) in [6, 6.07) is 18.7. The molecular formula is C57H65N5O18S5+2. The first-order valence-corrected chi connectivity index (χ1v) is 34.0. The topological polar surface area (TPSA) is 351 Å². The molecule has 0 aliphatic carbocycles. The number of nitrogens with one attached hydrogen (secondary N) is 1. The molecule has 0 spiro atoms. The second kappa shape index (κ2) is 22.4. The van der Waals surface area contributed by atoms with Gasteiger partial charge in [0.25, 0.3) is 42.1 Å².